The molecule has 1 amide bonds. The Morgan fingerprint density at radius 1 is 1.48 bits per heavy atom. The van der Waals surface area contributed by atoms with Gasteiger partial charge in [-0.05, 0) is 23.8 Å². The minimum Gasteiger partial charge on any atom is -0.760 e. The summed E-state index contributed by atoms with van der Waals surface area (Å²) in [6.07, 6.45) is 2.65. The normalized spacial score (nSPS) is 12.3. The van der Waals surface area contributed by atoms with Crippen molar-refractivity contribution in [2.45, 2.75) is 6.54 Å². The van der Waals surface area contributed by atoms with Crippen molar-refractivity contribution >= 4 is 29.1 Å². The van der Waals surface area contributed by atoms with E-state index in [-0.39, 0.29) is 22.9 Å². The van der Waals surface area contributed by atoms with Crippen molar-refractivity contribution in [2.24, 2.45) is 0 Å². The van der Waals surface area contributed by atoms with Crippen LogP contribution in [0, 0.1) is 11.0 Å². The Balaban J connectivity index is 2.90. The molecular weight excluding hydrogens is 346 g/mol. The molecule has 0 heterocycles. The van der Waals surface area contributed by atoms with Crippen LogP contribution in [0.4, 0.5) is 4.39 Å². The number of halogens is 3. The SMILES string of the molecule is C=C/C=C(Cl)\C(C(=O)NCc1ccc(OC)c(F)c1)=C(\Cl)N[O-]. The lowest BCUT2D eigenvalue weighted by Gasteiger charge is -2.14. The highest BCUT2D eigenvalue weighted by atomic mass is 35.5. The number of nitrogens with one attached hydrogen (secondary N) is 2. The van der Waals surface area contributed by atoms with E-state index in [4.69, 9.17) is 27.9 Å². The zero-order chi connectivity index (χ0) is 17.4. The van der Waals surface area contributed by atoms with Crippen molar-refractivity contribution < 1.29 is 13.9 Å². The fourth-order valence-corrected chi connectivity index (χ4v) is 2.15. The van der Waals surface area contributed by atoms with Crippen LogP contribution in [-0.4, -0.2) is 13.0 Å². The van der Waals surface area contributed by atoms with Crippen LogP contribution in [0.3, 0.4) is 0 Å². The quantitative estimate of drug-likeness (QED) is 0.339. The van der Waals surface area contributed by atoms with Crippen molar-refractivity contribution in [1.82, 2.24) is 10.8 Å². The smallest absolute Gasteiger partial charge is 0.256 e. The third-order valence-electron chi connectivity index (χ3n) is 2.71. The lowest BCUT2D eigenvalue weighted by Crippen LogP contribution is -2.26. The molecule has 5 nitrogen and oxygen atoms in total. The Labute approximate surface area is 143 Å². The first-order valence-electron chi connectivity index (χ1n) is 6.31. The van der Waals surface area contributed by atoms with Gasteiger partial charge in [-0.25, -0.2) is 4.39 Å². The standard InChI is InChI=1S/C15H14Cl2FN2O3/c1-3-4-10(16)13(14(17)20-22)15(21)19-8-9-5-6-12(23-2)11(18)7-9/h3-7,20H,1,8H2,2H3,(H,19,21)/q-1/b10-4+,14-13+. The molecule has 23 heavy (non-hydrogen) atoms. The fourth-order valence-electron chi connectivity index (χ4n) is 1.64. The third kappa shape index (κ3) is 5.28. The molecule has 0 saturated carbocycles. The van der Waals surface area contributed by atoms with Crippen LogP contribution < -0.4 is 15.5 Å². The number of hydrogen-bond donors (Lipinski definition) is 2. The average Bonchev–Trinajstić information content (AvgIpc) is 2.53. The van der Waals surface area contributed by atoms with Crippen LogP contribution >= 0.6 is 23.2 Å². The lowest BCUT2D eigenvalue weighted by atomic mass is 10.2. The van der Waals surface area contributed by atoms with Crippen molar-refractivity contribution in [3.8, 4) is 5.75 Å². The number of rotatable bonds is 7. The molecule has 0 bridgehead atoms. The van der Waals surface area contributed by atoms with Crippen LogP contribution in [0.1, 0.15) is 5.56 Å². The van der Waals surface area contributed by atoms with Gasteiger partial charge in [0.05, 0.1) is 17.7 Å². The van der Waals surface area contributed by atoms with E-state index < -0.39 is 16.9 Å². The molecule has 0 atom stereocenters. The number of ether oxygens (including phenoxy) is 1. The predicted molar refractivity (Wildman–Crippen MR) is 88.3 cm³/mol. The Hall–Kier alpha value is -2.02. The van der Waals surface area contributed by atoms with E-state index in [2.05, 4.69) is 11.9 Å². The third-order valence-corrected chi connectivity index (χ3v) is 3.29. The van der Waals surface area contributed by atoms with Crippen LogP contribution in [0.5, 0.6) is 5.75 Å². The van der Waals surface area contributed by atoms with Gasteiger partial charge in [-0.1, -0.05) is 41.9 Å². The summed E-state index contributed by atoms with van der Waals surface area (Å²) in [5.74, 6) is -1.16. The maximum atomic E-state index is 13.6. The van der Waals surface area contributed by atoms with E-state index in [9.17, 15) is 14.4 Å². The van der Waals surface area contributed by atoms with Crippen molar-refractivity contribution in [1.29, 1.82) is 0 Å². The topological polar surface area (TPSA) is 73.4 Å². The number of hydrogen-bond acceptors (Lipinski definition) is 4. The molecule has 0 fully saturated rings. The number of hydroxylamine groups is 1. The molecule has 0 saturated heterocycles. The van der Waals surface area contributed by atoms with E-state index >= 15 is 0 Å². The van der Waals surface area contributed by atoms with Gasteiger partial charge in [-0.2, -0.15) is 0 Å². The average molecular weight is 360 g/mol. The predicted octanol–water partition coefficient (Wildman–Crippen LogP) is 3.30. The van der Waals surface area contributed by atoms with Crippen molar-refractivity contribution in [2.75, 3.05) is 7.11 Å². The van der Waals surface area contributed by atoms with Gasteiger partial charge in [0.2, 0.25) is 0 Å². The van der Waals surface area contributed by atoms with Crippen LogP contribution in [0.25, 0.3) is 0 Å². The van der Waals surface area contributed by atoms with E-state index in [0.717, 1.165) is 0 Å². The molecule has 0 aromatic heterocycles. The minimum atomic E-state index is -0.697. The summed E-state index contributed by atoms with van der Waals surface area (Å²) in [6.45, 7) is 3.44. The van der Waals surface area contributed by atoms with Gasteiger partial charge in [0.1, 0.15) is 5.16 Å². The Morgan fingerprint density at radius 3 is 2.70 bits per heavy atom. The molecule has 0 unspecified atom stereocenters. The van der Waals surface area contributed by atoms with Gasteiger partial charge in [-0.15, -0.1) is 0 Å². The molecule has 0 aliphatic carbocycles. The molecule has 2 N–H and O–H groups in total. The highest BCUT2D eigenvalue weighted by Crippen LogP contribution is 2.21. The second-order valence-corrected chi connectivity index (χ2v) is 4.98. The number of allylic oxidation sites excluding steroid dienone is 2. The first kappa shape index (κ1) is 19.0. The molecule has 124 valence electrons. The lowest BCUT2D eigenvalue weighted by molar-refractivity contribution is -0.117. The van der Waals surface area contributed by atoms with E-state index in [1.165, 1.54) is 36.9 Å². The monoisotopic (exact) mass is 359 g/mol. The summed E-state index contributed by atoms with van der Waals surface area (Å²) in [5, 5.41) is 12.6. The molecule has 1 aromatic rings. The number of carbonyl (C=O) groups excluding carboxylic acids is 1. The highest BCUT2D eigenvalue weighted by Gasteiger charge is 2.16. The second-order valence-electron chi connectivity index (χ2n) is 4.19. The number of benzene rings is 1. The van der Waals surface area contributed by atoms with Gasteiger partial charge in [0.15, 0.2) is 11.6 Å². The molecular formula is C15H14Cl2FN2O3-. The molecule has 0 aliphatic heterocycles. The number of amides is 1. The molecule has 1 rings (SSSR count). The molecule has 8 heteroatoms. The molecule has 0 spiro atoms. The van der Waals surface area contributed by atoms with Crippen LogP contribution in [0.15, 0.2) is 52.7 Å². The summed E-state index contributed by atoms with van der Waals surface area (Å²) in [7, 11) is 1.35. The van der Waals surface area contributed by atoms with Gasteiger partial charge in [0, 0.05) is 6.54 Å². The summed E-state index contributed by atoms with van der Waals surface area (Å²) < 4.78 is 18.4. The largest absolute Gasteiger partial charge is 0.760 e. The number of methoxy groups -OCH3 is 1. The summed E-state index contributed by atoms with van der Waals surface area (Å²) >= 11 is 11.6. The van der Waals surface area contributed by atoms with Crippen LogP contribution in [-0.2, 0) is 11.3 Å². The minimum absolute atomic E-state index is 0.00450. The Kier molecular flexibility index (Phi) is 7.61. The number of carbonyl (C=O) groups is 1. The zero-order valence-corrected chi connectivity index (χ0v) is 13.7. The summed E-state index contributed by atoms with van der Waals surface area (Å²) in [5.41, 5.74) is 1.66. The van der Waals surface area contributed by atoms with Gasteiger partial charge < -0.3 is 20.7 Å². The van der Waals surface area contributed by atoms with E-state index in [1.807, 2.05) is 0 Å². The Bertz CT molecular complexity index is 660. The van der Waals surface area contributed by atoms with E-state index in [1.54, 1.807) is 6.07 Å². The molecule has 0 aliphatic rings. The zero-order valence-electron chi connectivity index (χ0n) is 12.2. The summed E-state index contributed by atoms with van der Waals surface area (Å²) in [4.78, 5) is 12.1. The van der Waals surface area contributed by atoms with Crippen molar-refractivity contribution in [3.05, 3.63) is 69.3 Å². The van der Waals surface area contributed by atoms with Crippen molar-refractivity contribution in [3.63, 3.8) is 0 Å². The van der Waals surface area contributed by atoms with Gasteiger partial charge >= 0.3 is 0 Å². The maximum absolute atomic E-state index is 13.6. The van der Waals surface area contributed by atoms with E-state index in [0.29, 0.717) is 5.56 Å². The van der Waals surface area contributed by atoms with Gasteiger partial charge in [0.25, 0.3) is 5.91 Å². The molecule has 1 aromatic carbocycles. The maximum Gasteiger partial charge on any atom is 0.256 e. The second kappa shape index (κ2) is 9.19. The first-order valence-corrected chi connectivity index (χ1v) is 7.07. The van der Waals surface area contributed by atoms with Crippen LogP contribution in [0.2, 0.25) is 0 Å². The van der Waals surface area contributed by atoms with Gasteiger partial charge in [-0.3, -0.25) is 4.79 Å². The highest BCUT2D eigenvalue weighted by molar-refractivity contribution is 6.39. The fraction of sp³-hybridized carbons (Fsp3) is 0.133. The summed E-state index contributed by atoms with van der Waals surface area (Å²) in [6, 6.07) is 4.24. The Morgan fingerprint density at radius 2 is 2.17 bits per heavy atom. The molecule has 0 radical (unpaired) electrons. The first-order chi connectivity index (χ1) is 10.9.